The molecular formula is C14H18N4S. The highest BCUT2D eigenvalue weighted by Crippen LogP contribution is 2.24. The van der Waals surface area contributed by atoms with E-state index >= 15 is 0 Å². The zero-order valence-electron chi connectivity index (χ0n) is 11.2. The molecule has 19 heavy (non-hydrogen) atoms. The summed E-state index contributed by atoms with van der Waals surface area (Å²) in [6.07, 6.45) is 8.14. The van der Waals surface area contributed by atoms with Gasteiger partial charge in [0.2, 0.25) is 0 Å². The Morgan fingerprint density at radius 2 is 2.11 bits per heavy atom. The molecule has 4 nitrogen and oxygen atoms in total. The Morgan fingerprint density at radius 3 is 2.74 bits per heavy atom. The average molecular weight is 274 g/mol. The van der Waals surface area contributed by atoms with Crippen molar-refractivity contribution in [1.29, 1.82) is 0 Å². The third kappa shape index (κ3) is 4.29. The second-order valence-corrected chi connectivity index (χ2v) is 5.33. The van der Waals surface area contributed by atoms with Crippen molar-refractivity contribution in [3.05, 3.63) is 42.6 Å². The van der Waals surface area contributed by atoms with Crippen LogP contribution in [0.5, 0.6) is 0 Å². The quantitative estimate of drug-likeness (QED) is 0.877. The van der Waals surface area contributed by atoms with Crippen LogP contribution in [0.1, 0.15) is 32.0 Å². The van der Waals surface area contributed by atoms with Crippen molar-refractivity contribution < 1.29 is 0 Å². The third-order valence-corrected chi connectivity index (χ3v) is 3.56. The first-order valence-corrected chi connectivity index (χ1v) is 7.24. The number of nitrogens with one attached hydrogen (secondary N) is 1. The molecule has 100 valence electrons. The molecule has 5 heteroatoms. The van der Waals surface area contributed by atoms with Crippen molar-refractivity contribution in [3.8, 4) is 0 Å². The number of hydrogen-bond donors (Lipinski definition) is 1. The van der Waals surface area contributed by atoms with E-state index < -0.39 is 0 Å². The van der Waals surface area contributed by atoms with E-state index in [4.69, 9.17) is 0 Å². The molecule has 0 aromatic carbocycles. The molecule has 2 heterocycles. The Balaban J connectivity index is 1.98. The van der Waals surface area contributed by atoms with E-state index in [2.05, 4.69) is 46.2 Å². The maximum absolute atomic E-state index is 4.50. The van der Waals surface area contributed by atoms with Crippen LogP contribution >= 0.6 is 11.8 Å². The van der Waals surface area contributed by atoms with Gasteiger partial charge in [-0.3, -0.25) is 9.97 Å². The third-order valence-electron chi connectivity index (χ3n) is 2.67. The summed E-state index contributed by atoms with van der Waals surface area (Å²) in [5.74, 6) is 0. The minimum atomic E-state index is 0.288. The summed E-state index contributed by atoms with van der Waals surface area (Å²) in [5, 5.41) is 4.31. The van der Waals surface area contributed by atoms with Crippen LogP contribution in [-0.2, 0) is 0 Å². The molecule has 0 amide bonds. The van der Waals surface area contributed by atoms with Gasteiger partial charge < -0.3 is 5.32 Å². The van der Waals surface area contributed by atoms with Crippen molar-refractivity contribution in [3.63, 3.8) is 0 Å². The molecule has 1 N–H and O–H groups in total. The van der Waals surface area contributed by atoms with Gasteiger partial charge in [0.1, 0.15) is 5.03 Å². The van der Waals surface area contributed by atoms with Gasteiger partial charge in [0.05, 0.1) is 11.9 Å². The summed E-state index contributed by atoms with van der Waals surface area (Å²) in [6, 6.07) is 4.42. The van der Waals surface area contributed by atoms with E-state index in [0.29, 0.717) is 0 Å². The lowest BCUT2D eigenvalue weighted by molar-refractivity contribution is 0.558. The number of rotatable bonds is 6. The zero-order chi connectivity index (χ0) is 13.5. The maximum Gasteiger partial charge on any atom is 0.119 e. The molecule has 0 spiro atoms. The van der Waals surface area contributed by atoms with Gasteiger partial charge in [-0.15, -0.1) is 0 Å². The predicted molar refractivity (Wildman–Crippen MR) is 77.1 cm³/mol. The lowest BCUT2D eigenvalue weighted by atomic mass is 10.2. The van der Waals surface area contributed by atoms with Crippen molar-refractivity contribution >= 4 is 11.8 Å². The second kappa shape index (κ2) is 7.21. The van der Waals surface area contributed by atoms with Gasteiger partial charge in [-0.05, 0) is 32.0 Å². The molecule has 2 aromatic heterocycles. The van der Waals surface area contributed by atoms with E-state index in [9.17, 15) is 0 Å². The molecule has 0 saturated carbocycles. The van der Waals surface area contributed by atoms with Gasteiger partial charge in [-0.25, -0.2) is 4.98 Å². The number of pyridine rings is 1. The van der Waals surface area contributed by atoms with Crippen LogP contribution in [0, 0.1) is 0 Å². The van der Waals surface area contributed by atoms with E-state index in [1.165, 1.54) is 0 Å². The molecule has 0 aliphatic carbocycles. The summed E-state index contributed by atoms with van der Waals surface area (Å²) in [5.41, 5.74) is 1.07. The minimum Gasteiger partial charge on any atom is -0.309 e. The van der Waals surface area contributed by atoms with Crippen molar-refractivity contribution in [2.45, 2.75) is 36.2 Å². The highest BCUT2D eigenvalue weighted by Gasteiger charge is 2.06. The Morgan fingerprint density at radius 1 is 1.21 bits per heavy atom. The van der Waals surface area contributed by atoms with Crippen LogP contribution < -0.4 is 5.32 Å². The molecule has 0 bridgehead atoms. The first kappa shape index (κ1) is 14.0. The van der Waals surface area contributed by atoms with Crippen molar-refractivity contribution in [2.75, 3.05) is 6.54 Å². The molecule has 1 atom stereocenters. The SMILES string of the molecule is CCCNC(C)c1ccc(Sc2cnccn2)cn1. The molecule has 1 unspecified atom stereocenters. The summed E-state index contributed by atoms with van der Waals surface area (Å²) in [6.45, 7) is 5.31. The predicted octanol–water partition coefficient (Wildman–Crippen LogP) is 3.08. The summed E-state index contributed by atoms with van der Waals surface area (Å²) >= 11 is 1.57. The molecule has 2 rings (SSSR count). The highest BCUT2D eigenvalue weighted by molar-refractivity contribution is 7.99. The highest BCUT2D eigenvalue weighted by atomic mass is 32.2. The van der Waals surface area contributed by atoms with E-state index in [0.717, 1.165) is 28.6 Å². The smallest absolute Gasteiger partial charge is 0.119 e. The summed E-state index contributed by atoms with van der Waals surface area (Å²) in [7, 11) is 0. The summed E-state index contributed by atoms with van der Waals surface area (Å²) < 4.78 is 0. The fraction of sp³-hybridized carbons (Fsp3) is 0.357. The van der Waals surface area contributed by atoms with Crippen molar-refractivity contribution in [2.24, 2.45) is 0 Å². The van der Waals surface area contributed by atoms with E-state index in [-0.39, 0.29) is 6.04 Å². The normalized spacial score (nSPS) is 12.3. The van der Waals surface area contributed by atoms with Crippen molar-refractivity contribution in [1.82, 2.24) is 20.3 Å². The van der Waals surface area contributed by atoms with Crippen LogP contribution in [0.25, 0.3) is 0 Å². The zero-order valence-corrected chi connectivity index (χ0v) is 12.0. The number of aromatic nitrogens is 3. The standard InChI is InChI=1S/C14H18N4S/c1-3-6-16-11(2)13-5-4-12(9-18-13)19-14-10-15-7-8-17-14/h4-5,7-11,16H,3,6H2,1-2H3. The van der Waals surface area contributed by atoms with Gasteiger partial charge >= 0.3 is 0 Å². The molecule has 2 aromatic rings. The van der Waals surface area contributed by atoms with Crippen LogP contribution in [0.4, 0.5) is 0 Å². The minimum absolute atomic E-state index is 0.288. The Hall–Kier alpha value is -1.46. The van der Waals surface area contributed by atoms with Gasteiger partial charge in [0.15, 0.2) is 0 Å². The average Bonchev–Trinajstić information content (AvgIpc) is 2.46. The first-order chi connectivity index (χ1) is 9.29. The molecule has 0 aliphatic rings. The molecule has 0 aliphatic heterocycles. The second-order valence-electron chi connectivity index (χ2n) is 4.24. The first-order valence-electron chi connectivity index (χ1n) is 6.42. The Kier molecular flexibility index (Phi) is 5.30. The largest absolute Gasteiger partial charge is 0.309 e. The van der Waals surface area contributed by atoms with Gasteiger partial charge in [0.25, 0.3) is 0 Å². The van der Waals surface area contributed by atoms with Gasteiger partial charge in [-0.1, -0.05) is 18.7 Å². The number of hydrogen-bond acceptors (Lipinski definition) is 5. The van der Waals surface area contributed by atoms with Crippen LogP contribution in [0.2, 0.25) is 0 Å². The van der Waals surface area contributed by atoms with E-state index in [1.807, 2.05) is 6.20 Å². The Labute approximate surface area is 118 Å². The van der Waals surface area contributed by atoms with Crippen LogP contribution in [0.15, 0.2) is 46.8 Å². The van der Waals surface area contributed by atoms with Gasteiger partial charge in [-0.2, -0.15) is 0 Å². The fourth-order valence-corrected chi connectivity index (χ4v) is 2.34. The van der Waals surface area contributed by atoms with Crippen LogP contribution in [0.3, 0.4) is 0 Å². The fourth-order valence-electron chi connectivity index (χ4n) is 1.63. The molecule has 0 saturated heterocycles. The topological polar surface area (TPSA) is 50.7 Å². The molecule has 0 radical (unpaired) electrons. The van der Waals surface area contributed by atoms with Crippen LogP contribution in [-0.4, -0.2) is 21.5 Å². The van der Waals surface area contributed by atoms with E-state index in [1.54, 1.807) is 30.4 Å². The lowest BCUT2D eigenvalue weighted by Crippen LogP contribution is -2.20. The molecular weight excluding hydrogens is 256 g/mol. The van der Waals surface area contributed by atoms with Gasteiger partial charge in [0, 0.05) is 29.5 Å². The molecule has 0 fully saturated rings. The summed E-state index contributed by atoms with van der Waals surface area (Å²) in [4.78, 5) is 13.9. The maximum atomic E-state index is 4.50. The number of nitrogens with zero attached hydrogens (tertiary/aromatic N) is 3. The monoisotopic (exact) mass is 274 g/mol. The lowest BCUT2D eigenvalue weighted by Gasteiger charge is -2.12. The Bertz CT molecular complexity index is 487.